The molecule has 4 aromatic carbocycles. The largest absolute Gasteiger partial charge is 0.456 e. The van der Waals surface area contributed by atoms with Crippen LogP contribution in [0.5, 0.6) is 11.5 Å². The van der Waals surface area contributed by atoms with E-state index in [2.05, 4.69) is 67.2 Å². The van der Waals surface area contributed by atoms with E-state index in [0.717, 1.165) is 27.5 Å². The summed E-state index contributed by atoms with van der Waals surface area (Å²) < 4.78 is 6.13. The highest BCUT2D eigenvalue weighted by molar-refractivity contribution is 7.80. The normalized spacial score (nSPS) is 10.5. The first-order chi connectivity index (χ1) is 12.8. The van der Waals surface area contributed by atoms with Gasteiger partial charge < -0.3 is 4.74 Å². The SMILES string of the molecule is Sc1ccccc1Oc1ccccc1-c1ccc(-c2ccccc2)cc1. The van der Waals surface area contributed by atoms with Crippen molar-refractivity contribution < 1.29 is 4.74 Å². The van der Waals surface area contributed by atoms with Crippen molar-refractivity contribution >= 4 is 12.6 Å². The lowest BCUT2D eigenvalue weighted by Gasteiger charge is -2.13. The van der Waals surface area contributed by atoms with Crippen molar-refractivity contribution in [2.45, 2.75) is 4.90 Å². The predicted octanol–water partition coefficient (Wildman–Crippen LogP) is 7.10. The van der Waals surface area contributed by atoms with E-state index in [1.54, 1.807) is 0 Å². The van der Waals surface area contributed by atoms with Crippen LogP contribution in [0.3, 0.4) is 0 Å². The van der Waals surface area contributed by atoms with Crippen molar-refractivity contribution in [2.24, 2.45) is 0 Å². The van der Waals surface area contributed by atoms with Crippen LogP contribution in [-0.4, -0.2) is 0 Å². The second-order valence-corrected chi connectivity index (χ2v) is 6.49. The van der Waals surface area contributed by atoms with Crippen molar-refractivity contribution in [2.75, 3.05) is 0 Å². The minimum absolute atomic E-state index is 0.754. The van der Waals surface area contributed by atoms with E-state index in [4.69, 9.17) is 4.74 Å². The number of ether oxygens (including phenoxy) is 1. The molecule has 2 heteroatoms. The Balaban J connectivity index is 1.67. The quantitative estimate of drug-likeness (QED) is 0.384. The summed E-state index contributed by atoms with van der Waals surface area (Å²) in [5.41, 5.74) is 4.60. The fourth-order valence-corrected chi connectivity index (χ4v) is 3.14. The molecule has 0 bridgehead atoms. The summed E-state index contributed by atoms with van der Waals surface area (Å²) >= 11 is 4.48. The fraction of sp³-hybridized carbons (Fsp3) is 0. The van der Waals surface area contributed by atoms with Crippen LogP contribution in [0, 0.1) is 0 Å². The maximum absolute atomic E-state index is 6.13. The van der Waals surface area contributed by atoms with Crippen molar-refractivity contribution in [3.63, 3.8) is 0 Å². The van der Waals surface area contributed by atoms with Gasteiger partial charge in [0.1, 0.15) is 11.5 Å². The zero-order valence-electron chi connectivity index (χ0n) is 14.2. The van der Waals surface area contributed by atoms with Gasteiger partial charge in [0.2, 0.25) is 0 Å². The Bertz CT molecular complexity index is 1010. The predicted molar refractivity (Wildman–Crippen MR) is 111 cm³/mol. The fourth-order valence-electron chi connectivity index (χ4n) is 2.93. The summed E-state index contributed by atoms with van der Waals surface area (Å²) in [6.45, 7) is 0. The molecule has 0 radical (unpaired) electrons. The number of rotatable bonds is 4. The summed E-state index contributed by atoms with van der Waals surface area (Å²) in [6.07, 6.45) is 0. The van der Waals surface area contributed by atoms with Crippen LogP contribution >= 0.6 is 12.6 Å². The average molecular weight is 354 g/mol. The Morgan fingerprint density at radius 2 is 1.00 bits per heavy atom. The molecular formula is C24H18OS. The van der Waals surface area contributed by atoms with Crippen molar-refractivity contribution in [3.05, 3.63) is 103 Å². The molecule has 0 unspecified atom stereocenters. The number of hydrogen-bond donors (Lipinski definition) is 1. The van der Waals surface area contributed by atoms with Gasteiger partial charge in [0.05, 0.1) is 0 Å². The topological polar surface area (TPSA) is 9.23 Å². The van der Waals surface area contributed by atoms with Gasteiger partial charge in [-0.05, 0) is 34.9 Å². The number of hydrogen-bond acceptors (Lipinski definition) is 2. The molecule has 126 valence electrons. The van der Waals surface area contributed by atoms with Crippen LogP contribution < -0.4 is 4.74 Å². The second-order valence-electron chi connectivity index (χ2n) is 6.01. The Labute approximate surface area is 159 Å². The number of para-hydroxylation sites is 2. The summed E-state index contributed by atoms with van der Waals surface area (Å²) in [7, 11) is 0. The van der Waals surface area contributed by atoms with Gasteiger partial charge >= 0.3 is 0 Å². The Hall–Kier alpha value is -2.97. The molecule has 0 heterocycles. The molecule has 0 aliphatic carbocycles. The molecule has 0 fully saturated rings. The highest BCUT2D eigenvalue weighted by Gasteiger charge is 2.09. The summed E-state index contributed by atoms with van der Waals surface area (Å²) in [5, 5.41) is 0. The minimum Gasteiger partial charge on any atom is -0.456 e. The third-order valence-electron chi connectivity index (χ3n) is 4.28. The zero-order valence-corrected chi connectivity index (χ0v) is 15.1. The van der Waals surface area contributed by atoms with Gasteiger partial charge in [0.15, 0.2) is 0 Å². The smallest absolute Gasteiger partial charge is 0.140 e. The molecule has 0 N–H and O–H groups in total. The Morgan fingerprint density at radius 1 is 0.462 bits per heavy atom. The molecule has 26 heavy (non-hydrogen) atoms. The highest BCUT2D eigenvalue weighted by atomic mass is 32.1. The lowest BCUT2D eigenvalue weighted by atomic mass is 10.00. The van der Waals surface area contributed by atoms with Crippen molar-refractivity contribution in [1.82, 2.24) is 0 Å². The molecule has 0 amide bonds. The first-order valence-corrected chi connectivity index (χ1v) is 8.97. The van der Waals surface area contributed by atoms with Crippen LogP contribution in [0.2, 0.25) is 0 Å². The van der Waals surface area contributed by atoms with Gasteiger partial charge in [-0.3, -0.25) is 0 Å². The van der Waals surface area contributed by atoms with Gasteiger partial charge in [-0.25, -0.2) is 0 Å². The van der Waals surface area contributed by atoms with Crippen LogP contribution in [0.1, 0.15) is 0 Å². The molecule has 0 atom stereocenters. The van der Waals surface area contributed by atoms with Crippen LogP contribution in [-0.2, 0) is 0 Å². The Morgan fingerprint density at radius 3 is 1.73 bits per heavy atom. The molecule has 4 rings (SSSR count). The van der Waals surface area contributed by atoms with Gasteiger partial charge in [-0.2, -0.15) is 0 Å². The van der Waals surface area contributed by atoms with Gasteiger partial charge in [-0.1, -0.05) is 84.9 Å². The van der Waals surface area contributed by atoms with E-state index in [9.17, 15) is 0 Å². The molecule has 0 spiro atoms. The molecule has 4 aromatic rings. The van der Waals surface area contributed by atoms with E-state index < -0.39 is 0 Å². The molecule has 1 nitrogen and oxygen atoms in total. The summed E-state index contributed by atoms with van der Waals surface area (Å²) in [6, 6.07) is 34.8. The van der Waals surface area contributed by atoms with Crippen LogP contribution in [0.15, 0.2) is 108 Å². The third kappa shape index (κ3) is 3.51. The maximum atomic E-state index is 6.13. The number of thiol groups is 1. The van der Waals surface area contributed by atoms with E-state index in [1.165, 1.54) is 11.1 Å². The molecule has 0 aromatic heterocycles. The summed E-state index contributed by atoms with van der Waals surface area (Å²) in [4.78, 5) is 0.821. The summed E-state index contributed by atoms with van der Waals surface area (Å²) in [5.74, 6) is 1.57. The standard InChI is InChI=1S/C24H18OS/c26-24-13-7-6-12-23(24)25-22-11-5-4-10-21(22)20-16-14-19(15-17-20)18-8-2-1-3-9-18/h1-17,26H. The first-order valence-electron chi connectivity index (χ1n) is 8.52. The molecule has 0 aliphatic rings. The molecular weight excluding hydrogens is 336 g/mol. The van der Waals surface area contributed by atoms with Gasteiger partial charge in [0.25, 0.3) is 0 Å². The maximum Gasteiger partial charge on any atom is 0.140 e. The van der Waals surface area contributed by atoms with E-state index in [1.807, 2.05) is 48.5 Å². The molecule has 0 aliphatic heterocycles. The lowest BCUT2D eigenvalue weighted by molar-refractivity contribution is 0.473. The van der Waals surface area contributed by atoms with E-state index in [-0.39, 0.29) is 0 Å². The lowest BCUT2D eigenvalue weighted by Crippen LogP contribution is -1.89. The Kier molecular flexibility index (Phi) is 4.76. The van der Waals surface area contributed by atoms with E-state index in [0.29, 0.717) is 0 Å². The van der Waals surface area contributed by atoms with Gasteiger partial charge in [0, 0.05) is 10.5 Å². The number of benzene rings is 4. The monoisotopic (exact) mass is 354 g/mol. The highest BCUT2D eigenvalue weighted by Crippen LogP contribution is 2.36. The van der Waals surface area contributed by atoms with Crippen molar-refractivity contribution in [3.8, 4) is 33.8 Å². The van der Waals surface area contributed by atoms with Crippen LogP contribution in [0.25, 0.3) is 22.3 Å². The minimum atomic E-state index is 0.754. The average Bonchev–Trinajstić information content (AvgIpc) is 2.71. The van der Waals surface area contributed by atoms with Crippen molar-refractivity contribution in [1.29, 1.82) is 0 Å². The zero-order chi connectivity index (χ0) is 17.8. The van der Waals surface area contributed by atoms with Crippen LogP contribution in [0.4, 0.5) is 0 Å². The molecule has 0 saturated heterocycles. The first kappa shape index (κ1) is 16.5. The van der Waals surface area contributed by atoms with Gasteiger partial charge in [-0.15, -0.1) is 12.6 Å². The van der Waals surface area contributed by atoms with E-state index >= 15 is 0 Å². The third-order valence-corrected chi connectivity index (χ3v) is 4.64. The second kappa shape index (κ2) is 7.51. The molecule has 0 saturated carbocycles.